The Bertz CT molecular complexity index is 750. The van der Waals surface area contributed by atoms with Gasteiger partial charge in [-0.05, 0) is 40.9 Å². The summed E-state index contributed by atoms with van der Waals surface area (Å²) in [6, 6.07) is 6.63. The lowest BCUT2D eigenvalue weighted by Gasteiger charge is -2.31. The van der Waals surface area contributed by atoms with Gasteiger partial charge in [0.05, 0.1) is 5.69 Å². The van der Waals surface area contributed by atoms with Crippen molar-refractivity contribution < 1.29 is 14.4 Å². The number of benzene rings is 1. The van der Waals surface area contributed by atoms with Crippen molar-refractivity contribution in [3.05, 3.63) is 29.6 Å². The van der Waals surface area contributed by atoms with Crippen molar-refractivity contribution in [1.82, 2.24) is 5.32 Å². The Morgan fingerprint density at radius 2 is 1.95 bits per heavy atom. The summed E-state index contributed by atoms with van der Waals surface area (Å²) in [6.45, 7) is 3.58. The Balaban J connectivity index is 2.04. The first kappa shape index (κ1) is 13.8. The molecule has 1 atom stereocenters. The summed E-state index contributed by atoms with van der Waals surface area (Å²) in [6.07, 6.45) is 0. The smallest absolute Gasteiger partial charge is 0.277 e. The van der Waals surface area contributed by atoms with Crippen LogP contribution in [0.15, 0.2) is 29.6 Å². The molecule has 1 unspecified atom stereocenters. The molecule has 1 aliphatic rings. The zero-order valence-electron chi connectivity index (χ0n) is 11.6. The number of barbiturate groups is 1. The van der Waals surface area contributed by atoms with E-state index in [9.17, 15) is 14.4 Å². The van der Waals surface area contributed by atoms with Gasteiger partial charge in [-0.25, -0.2) is 9.69 Å². The molecular formula is C15H14N2O3S. The van der Waals surface area contributed by atoms with E-state index in [1.165, 1.54) is 0 Å². The summed E-state index contributed by atoms with van der Waals surface area (Å²) in [4.78, 5) is 37.4. The van der Waals surface area contributed by atoms with Crippen LogP contribution in [0.3, 0.4) is 0 Å². The number of hydrogen-bond acceptors (Lipinski definition) is 4. The number of anilines is 1. The van der Waals surface area contributed by atoms with Gasteiger partial charge in [-0.1, -0.05) is 13.8 Å². The average Bonchev–Trinajstić information content (AvgIpc) is 2.84. The number of carbonyl (C=O) groups is 3. The number of imide groups is 2. The fourth-order valence-electron chi connectivity index (χ4n) is 2.52. The predicted molar refractivity (Wildman–Crippen MR) is 81.2 cm³/mol. The zero-order chi connectivity index (χ0) is 15.1. The van der Waals surface area contributed by atoms with E-state index >= 15 is 0 Å². The minimum absolute atomic E-state index is 0.169. The maximum atomic E-state index is 12.5. The molecule has 2 heterocycles. The van der Waals surface area contributed by atoms with E-state index in [0.717, 1.165) is 15.0 Å². The summed E-state index contributed by atoms with van der Waals surface area (Å²) in [5, 5.41) is 5.18. The zero-order valence-corrected chi connectivity index (χ0v) is 12.4. The molecule has 0 saturated carbocycles. The number of urea groups is 1. The molecule has 1 fully saturated rings. The SMILES string of the molecule is CC(C)C1C(=O)NC(=O)N(c2ccc3sccc3c2)C1=O. The van der Waals surface area contributed by atoms with E-state index in [2.05, 4.69) is 5.32 Å². The van der Waals surface area contributed by atoms with Crippen molar-refractivity contribution in [2.45, 2.75) is 13.8 Å². The van der Waals surface area contributed by atoms with Crippen LogP contribution in [0.5, 0.6) is 0 Å². The van der Waals surface area contributed by atoms with Gasteiger partial charge in [-0.2, -0.15) is 0 Å². The number of nitrogens with zero attached hydrogens (tertiary/aromatic N) is 1. The Morgan fingerprint density at radius 3 is 2.67 bits per heavy atom. The van der Waals surface area contributed by atoms with E-state index < -0.39 is 23.8 Å². The van der Waals surface area contributed by atoms with Crippen LogP contribution in [0.4, 0.5) is 10.5 Å². The number of nitrogens with one attached hydrogen (secondary N) is 1. The molecule has 108 valence electrons. The summed E-state index contributed by atoms with van der Waals surface area (Å²) < 4.78 is 1.08. The largest absolute Gasteiger partial charge is 0.335 e. The molecular weight excluding hydrogens is 288 g/mol. The first-order valence-electron chi connectivity index (χ1n) is 6.65. The van der Waals surface area contributed by atoms with Crippen molar-refractivity contribution in [3.8, 4) is 0 Å². The molecule has 21 heavy (non-hydrogen) atoms. The average molecular weight is 302 g/mol. The lowest BCUT2D eigenvalue weighted by molar-refractivity contribution is -0.136. The van der Waals surface area contributed by atoms with Crippen molar-refractivity contribution in [2.75, 3.05) is 4.90 Å². The fourth-order valence-corrected chi connectivity index (χ4v) is 3.29. The second-order valence-electron chi connectivity index (χ2n) is 5.33. The Kier molecular flexibility index (Phi) is 3.25. The van der Waals surface area contributed by atoms with Crippen LogP contribution >= 0.6 is 11.3 Å². The van der Waals surface area contributed by atoms with Gasteiger partial charge in [-0.15, -0.1) is 11.3 Å². The Morgan fingerprint density at radius 1 is 1.19 bits per heavy atom. The van der Waals surface area contributed by atoms with Crippen LogP contribution in [-0.4, -0.2) is 17.8 Å². The van der Waals surface area contributed by atoms with Gasteiger partial charge in [0, 0.05) is 4.70 Å². The second-order valence-corrected chi connectivity index (χ2v) is 6.28. The Hall–Kier alpha value is -2.21. The van der Waals surface area contributed by atoms with Crippen LogP contribution < -0.4 is 10.2 Å². The maximum Gasteiger partial charge on any atom is 0.335 e. The van der Waals surface area contributed by atoms with Gasteiger partial charge >= 0.3 is 6.03 Å². The number of carbonyl (C=O) groups excluding carboxylic acids is 3. The van der Waals surface area contributed by atoms with Crippen LogP contribution in [-0.2, 0) is 9.59 Å². The van der Waals surface area contributed by atoms with Crippen molar-refractivity contribution in [3.63, 3.8) is 0 Å². The molecule has 1 saturated heterocycles. The van der Waals surface area contributed by atoms with Crippen LogP contribution in [0, 0.1) is 11.8 Å². The van der Waals surface area contributed by atoms with Crippen molar-refractivity contribution in [2.24, 2.45) is 11.8 Å². The number of rotatable bonds is 2. The third kappa shape index (κ3) is 2.21. The van der Waals surface area contributed by atoms with Gasteiger partial charge in [0.15, 0.2) is 0 Å². The summed E-state index contributed by atoms with van der Waals surface area (Å²) in [5.41, 5.74) is 0.488. The van der Waals surface area contributed by atoms with E-state index in [1.807, 2.05) is 17.5 Å². The number of thiophene rings is 1. The second kappa shape index (κ2) is 4.96. The highest BCUT2D eigenvalue weighted by Gasteiger charge is 2.42. The standard InChI is InChI=1S/C15H14N2O3S/c1-8(2)12-13(18)16-15(20)17(14(12)19)10-3-4-11-9(7-10)5-6-21-11/h3-8,12H,1-2H3,(H,16,18,20). The molecule has 0 bridgehead atoms. The number of fused-ring (bicyclic) bond motifs is 1. The van der Waals surface area contributed by atoms with Gasteiger partial charge in [0.2, 0.25) is 11.8 Å². The summed E-state index contributed by atoms with van der Waals surface area (Å²) in [7, 11) is 0. The number of hydrogen-bond donors (Lipinski definition) is 1. The van der Waals surface area contributed by atoms with Crippen LogP contribution in [0.1, 0.15) is 13.8 Å². The lowest BCUT2D eigenvalue weighted by Crippen LogP contribution is -2.59. The Labute approximate surface area is 125 Å². The molecule has 5 nitrogen and oxygen atoms in total. The van der Waals surface area contributed by atoms with Gasteiger partial charge in [0.25, 0.3) is 0 Å². The molecule has 2 aromatic rings. The third-order valence-electron chi connectivity index (χ3n) is 3.56. The van der Waals surface area contributed by atoms with Crippen molar-refractivity contribution >= 4 is 45.0 Å². The molecule has 3 rings (SSSR count). The molecule has 6 heteroatoms. The highest BCUT2D eigenvalue weighted by Crippen LogP contribution is 2.29. The highest BCUT2D eigenvalue weighted by molar-refractivity contribution is 7.17. The minimum Gasteiger partial charge on any atom is -0.277 e. The minimum atomic E-state index is -0.833. The van der Waals surface area contributed by atoms with Crippen LogP contribution in [0.2, 0.25) is 0 Å². The molecule has 1 N–H and O–H groups in total. The van der Waals surface area contributed by atoms with E-state index in [1.54, 1.807) is 37.3 Å². The third-order valence-corrected chi connectivity index (χ3v) is 4.46. The van der Waals surface area contributed by atoms with Gasteiger partial charge in [-0.3, -0.25) is 14.9 Å². The maximum absolute atomic E-state index is 12.5. The van der Waals surface area contributed by atoms with E-state index in [4.69, 9.17) is 0 Å². The molecule has 0 spiro atoms. The molecule has 1 aromatic carbocycles. The molecule has 4 amide bonds. The van der Waals surface area contributed by atoms with Gasteiger partial charge in [0.1, 0.15) is 5.92 Å². The fraction of sp³-hybridized carbons (Fsp3) is 0.267. The molecule has 0 radical (unpaired) electrons. The summed E-state index contributed by atoms with van der Waals surface area (Å²) >= 11 is 1.59. The van der Waals surface area contributed by atoms with E-state index in [0.29, 0.717) is 5.69 Å². The summed E-state index contributed by atoms with van der Waals surface area (Å²) in [5.74, 6) is -1.99. The van der Waals surface area contributed by atoms with Crippen LogP contribution in [0.25, 0.3) is 10.1 Å². The monoisotopic (exact) mass is 302 g/mol. The van der Waals surface area contributed by atoms with E-state index in [-0.39, 0.29) is 5.92 Å². The topological polar surface area (TPSA) is 66.5 Å². The van der Waals surface area contributed by atoms with Crippen molar-refractivity contribution in [1.29, 1.82) is 0 Å². The molecule has 1 aromatic heterocycles. The predicted octanol–water partition coefficient (Wildman–Crippen LogP) is 2.76. The highest BCUT2D eigenvalue weighted by atomic mass is 32.1. The quantitative estimate of drug-likeness (QED) is 0.867. The lowest BCUT2D eigenvalue weighted by atomic mass is 9.92. The van der Waals surface area contributed by atoms with Gasteiger partial charge < -0.3 is 0 Å². The molecule has 1 aliphatic heterocycles. The first-order valence-corrected chi connectivity index (χ1v) is 7.53. The normalized spacial score (nSPS) is 19.5. The first-order chi connectivity index (χ1) is 9.99. The molecule has 0 aliphatic carbocycles. The number of amides is 4.